The van der Waals surface area contributed by atoms with E-state index in [2.05, 4.69) is 28.2 Å². The Balaban J connectivity index is 1.58. The Kier molecular flexibility index (Phi) is 3.94. The molecule has 0 aromatic rings. The fourth-order valence-electron chi connectivity index (χ4n) is 5.41. The highest BCUT2D eigenvalue weighted by atomic mass is 79.9. The number of hydrogen-bond donors (Lipinski definition) is 1. The summed E-state index contributed by atoms with van der Waals surface area (Å²) < 4.78 is 0. The molecule has 4 bridgehead atoms. The average molecular weight is 328 g/mol. The molecule has 4 saturated carbocycles. The van der Waals surface area contributed by atoms with Crippen LogP contribution in [-0.4, -0.2) is 17.3 Å². The van der Waals surface area contributed by atoms with E-state index in [0.29, 0.717) is 17.4 Å². The first-order chi connectivity index (χ1) is 9.08. The van der Waals surface area contributed by atoms with Crippen LogP contribution in [0.2, 0.25) is 0 Å². The van der Waals surface area contributed by atoms with E-state index in [1.807, 2.05) is 0 Å². The van der Waals surface area contributed by atoms with Gasteiger partial charge in [-0.15, -0.1) is 0 Å². The molecule has 1 amide bonds. The van der Waals surface area contributed by atoms with E-state index in [1.54, 1.807) is 0 Å². The molecule has 4 rings (SSSR count). The van der Waals surface area contributed by atoms with Crippen LogP contribution in [0, 0.1) is 23.2 Å². The number of rotatable bonds is 5. The number of carbonyl (C=O) groups excluding carboxylic acids is 1. The Morgan fingerprint density at radius 1 is 1.21 bits per heavy atom. The van der Waals surface area contributed by atoms with Gasteiger partial charge in [0.2, 0.25) is 5.91 Å². The van der Waals surface area contributed by atoms with Crippen LogP contribution >= 0.6 is 15.9 Å². The van der Waals surface area contributed by atoms with Crippen LogP contribution in [0.1, 0.15) is 58.3 Å². The van der Waals surface area contributed by atoms with Crippen LogP contribution in [0.5, 0.6) is 0 Å². The number of halogens is 1. The van der Waals surface area contributed by atoms with Crippen LogP contribution in [0.25, 0.3) is 0 Å². The number of carbonyl (C=O) groups is 1. The molecule has 0 spiro atoms. The van der Waals surface area contributed by atoms with Gasteiger partial charge in [0.15, 0.2) is 0 Å². The van der Waals surface area contributed by atoms with Crippen molar-refractivity contribution in [2.45, 2.75) is 64.3 Å². The van der Waals surface area contributed by atoms with Gasteiger partial charge in [0.25, 0.3) is 0 Å². The van der Waals surface area contributed by atoms with Gasteiger partial charge < -0.3 is 5.32 Å². The van der Waals surface area contributed by atoms with Crippen molar-refractivity contribution in [3.8, 4) is 0 Å². The van der Waals surface area contributed by atoms with Crippen molar-refractivity contribution in [3.05, 3.63) is 0 Å². The summed E-state index contributed by atoms with van der Waals surface area (Å²) in [6.45, 7) is 2.11. The summed E-state index contributed by atoms with van der Waals surface area (Å²) in [6, 6.07) is 0.306. The molecule has 0 saturated heterocycles. The van der Waals surface area contributed by atoms with Crippen molar-refractivity contribution in [2.75, 3.05) is 5.33 Å². The van der Waals surface area contributed by atoms with E-state index >= 15 is 0 Å². The topological polar surface area (TPSA) is 29.1 Å². The highest BCUT2D eigenvalue weighted by Gasteiger charge is 2.51. The molecule has 1 unspecified atom stereocenters. The molecule has 0 heterocycles. The largest absolute Gasteiger partial charge is 0.354 e. The van der Waals surface area contributed by atoms with Crippen LogP contribution in [0.4, 0.5) is 0 Å². The highest BCUT2D eigenvalue weighted by molar-refractivity contribution is 9.09. The van der Waals surface area contributed by atoms with E-state index < -0.39 is 0 Å². The van der Waals surface area contributed by atoms with Crippen molar-refractivity contribution < 1.29 is 4.79 Å². The van der Waals surface area contributed by atoms with Gasteiger partial charge in [-0.3, -0.25) is 4.79 Å². The second-order valence-corrected chi connectivity index (χ2v) is 8.33. The third-order valence-electron chi connectivity index (χ3n) is 5.65. The second kappa shape index (κ2) is 5.38. The number of hydrogen-bond acceptors (Lipinski definition) is 1. The first kappa shape index (κ1) is 13.9. The van der Waals surface area contributed by atoms with E-state index in [4.69, 9.17) is 0 Å². The maximum Gasteiger partial charge on any atom is 0.220 e. The summed E-state index contributed by atoms with van der Waals surface area (Å²) in [4.78, 5) is 12.3. The minimum absolute atomic E-state index is 0.301. The Hall–Kier alpha value is -0.0500. The van der Waals surface area contributed by atoms with E-state index in [0.717, 1.165) is 35.9 Å². The predicted octanol–water partition coefficient (Wildman–Crippen LogP) is 3.88. The zero-order chi connectivity index (χ0) is 13.5. The van der Waals surface area contributed by atoms with Gasteiger partial charge in [0.05, 0.1) is 0 Å². The van der Waals surface area contributed by atoms with Crippen molar-refractivity contribution in [1.29, 1.82) is 0 Å². The lowest BCUT2D eigenvalue weighted by molar-refractivity contribution is -0.130. The van der Waals surface area contributed by atoms with Crippen molar-refractivity contribution >= 4 is 21.8 Å². The standard InChI is InChI=1S/C16H26BrNO/c1-11(2-3-17)18-15(19)10-16-7-12-4-13(8-16)6-14(5-12)9-16/h11-14H,2-10H2,1H3,(H,18,19). The first-order valence-corrected chi connectivity index (χ1v) is 9.06. The third kappa shape index (κ3) is 3.01. The van der Waals surface area contributed by atoms with Gasteiger partial charge >= 0.3 is 0 Å². The molecule has 4 aliphatic carbocycles. The summed E-state index contributed by atoms with van der Waals surface area (Å²) in [7, 11) is 0. The molecule has 1 N–H and O–H groups in total. The zero-order valence-corrected chi connectivity index (χ0v) is 13.5. The smallest absolute Gasteiger partial charge is 0.220 e. The quantitative estimate of drug-likeness (QED) is 0.763. The lowest BCUT2D eigenvalue weighted by Gasteiger charge is -2.56. The summed E-state index contributed by atoms with van der Waals surface area (Å²) in [5.41, 5.74) is 0.382. The fraction of sp³-hybridized carbons (Fsp3) is 0.938. The monoisotopic (exact) mass is 327 g/mol. The lowest BCUT2D eigenvalue weighted by Crippen LogP contribution is -2.48. The van der Waals surface area contributed by atoms with Crippen LogP contribution in [-0.2, 0) is 4.79 Å². The number of alkyl halides is 1. The van der Waals surface area contributed by atoms with Gasteiger partial charge in [-0.25, -0.2) is 0 Å². The summed E-state index contributed by atoms with van der Waals surface area (Å²) in [5, 5.41) is 4.15. The Labute approximate surface area is 125 Å². The molecule has 0 aromatic carbocycles. The third-order valence-corrected chi connectivity index (χ3v) is 6.11. The summed E-state index contributed by atoms with van der Waals surface area (Å²) >= 11 is 3.44. The summed E-state index contributed by atoms with van der Waals surface area (Å²) in [6.07, 6.45) is 10.2. The minimum Gasteiger partial charge on any atom is -0.354 e. The molecule has 0 aliphatic heterocycles. The minimum atomic E-state index is 0.301. The van der Waals surface area contributed by atoms with Gasteiger partial charge in [0, 0.05) is 17.8 Å². The van der Waals surface area contributed by atoms with Crippen molar-refractivity contribution in [3.63, 3.8) is 0 Å². The molecule has 0 radical (unpaired) electrons. The Morgan fingerprint density at radius 3 is 2.21 bits per heavy atom. The molecule has 4 aliphatic rings. The van der Waals surface area contributed by atoms with Crippen LogP contribution < -0.4 is 5.32 Å². The molecule has 1 atom stereocenters. The van der Waals surface area contributed by atoms with Crippen LogP contribution in [0.15, 0.2) is 0 Å². The average Bonchev–Trinajstić information content (AvgIpc) is 2.25. The molecular weight excluding hydrogens is 302 g/mol. The first-order valence-electron chi connectivity index (χ1n) is 7.94. The Morgan fingerprint density at radius 2 is 1.74 bits per heavy atom. The van der Waals surface area contributed by atoms with Gasteiger partial charge in [-0.1, -0.05) is 15.9 Å². The molecule has 4 fully saturated rings. The molecular formula is C16H26BrNO. The molecule has 19 heavy (non-hydrogen) atoms. The van der Waals surface area contributed by atoms with Crippen molar-refractivity contribution in [1.82, 2.24) is 5.32 Å². The molecule has 3 heteroatoms. The fourth-order valence-corrected chi connectivity index (χ4v) is 6.10. The van der Waals surface area contributed by atoms with E-state index in [-0.39, 0.29) is 0 Å². The maximum absolute atomic E-state index is 12.3. The SMILES string of the molecule is CC(CCBr)NC(=O)CC12CC3CC(CC(C3)C1)C2. The highest BCUT2D eigenvalue weighted by Crippen LogP contribution is 2.61. The molecule has 0 aromatic heterocycles. The summed E-state index contributed by atoms with van der Waals surface area (Å²) in [5.74, 6) is 3.13. The van der Waals surface area contributed by atoms with Gasteiger partial charge in [0.1, 0.15) is 0 Å². The maximum atomic E-state index is 12.3. The number of nitrogens with one attached hydrogen (secondary N) is 1. The van der Waals surface area contributed by atoms with E-state index in [9.17, 15) is 4.79 Å². The predicted molar refractivity (Wildman–Crippen MR) is 81.2 cm³/mol. The number of amides is 1. The second-order valence-electron chi connectivity index (χ2n) is 7.54. The van der Waals surface area contributed by atoms with Crippen molar-refractivity contribution in [2.24, 2.45) is 23.2 Å². The van der Waals surface area contributed by atoms with Gasteiger partial charge in [-0.05, 0) is 75.0 Å². The zero-order valence-electron chi connectivity index (χ0n) is 12.0. The molecule has 108 valence electrons. The van der Waals surface area contributed by atoms with E-state index in [1.165, 1.54) is 38.5 Å². The van der Waals surface area contributed by atoms with Gasteiger partial charge in [-0.2, -0.15) is 0 Å². The molecule has 2 nitrogen and oxygen atoms in total. The normalized spacial score (nSPS) is 41.3. The lowest BCUT2D eigenvalue weighted by atomic mass is 9.49. The van der Waals surface area contributed by atoms with Crippen LogP contribution in [0.3, 0.4) is 0 Å². The Bertz CT molecular complexity index is 319.